The summed E-state index contributed by atoms with van der Waals surface area (Å²) >= 11 is 0. The fraction of sp³-hybridized carbons (Fsp3) is 0.533. The van der Waals surface area contributed by atoms with Crippen molar-refractivity contribution in [1.29, 1.82) is 5.26 Å². The van der Waals surface area contributed by atoms with E-state index in [0.717, 1.165) is 32.4 Å². The van der Waals surface area contributed by atoms with E-state index in [1.807, 2.05) is 0 Å². The first-order chi connectivity index (χ1) is 9.61. The van der Waals surface area contributed by atoms with Crippen molar-refractivity contribution in [3.63, 3.8) is 0 Å². The summed E-state index contributed by atoms with van der Waals surface area (Å²) in [6.45, 7) is 2.83. The third-order valence-electron chi connectivity index (χ3n) is 3.91. The van der Waals surface area contributed by atoms with Crippen LogP contribution in [0.2, 0.25) is 0 Å². The van der Waals surface area contributed by atoms with Gasteiger partial charge < -0.3 is 10.2 Å². The minimum atomic E-state index is -1.07. The highest BCUT2D eigenvalue weighted by molar-refractivity contribution is 5.49. The van der Waals surface area contributed by atoms with Crippen LogP contribution in [0, 0.1) is 28.9 Å². The van der Waals surface area contributed by atoms with Gasteiger partial charge in [-0.1, -0.05) is 0 Å². The predicted molar refractivity (Wildman–Crippen MR) is 74.4 cm³/mol. The van der Waals surface area contributed by atoms with E-state index in [1.165, 1.54) is 12.1 Å². The van der Waals surface area contributed by atoms with E-state index in [4.69, 9.17) is 5.26 Å². The number of hydrogen-bond donors (Lipinski definition) is 1. The highest BCUT2D eigenvalue weighted by Gasteiger charge is 2.17. The molecule has 1 aliphatic heterocycles. The standard InChI is InChI=1S/C15H19F2N3/c1-20-8-5-11(6-9-20)4-7-19-13-3-2-12(10-18)14(16)15(13)17/h2-3,11,19H,4-9H2,1H3. The molecule has 1 saturated heterocycles. The highest BCUT2D eigenvalue weighted by Crippen LogP contribution is 2.22. The molecule has 1 aliphatic rings. The first-order valence-corrected chi connectivity index (χ1v) is 6.92. The second-order valence-corrected chi connectivity index (χ2v) is 5.36. The van der Waals surface area contributed by atoms with Crippen LogP contribution in [0.25, 0.3) is 0 Å². The molecule has 108 valence electrons. The van der Waals surface area contributed by atoms with E-state index in [2.05, 4.69) is 17.3 Å². The molecule has 0 bridgehead atoms. The Bertz CT molecular complexity index is 503. The molecule has 0 amide bonds. The van der Waals surface area contributed by atoms with Crippen molar-refractivity contribution in [3.05, 3.63) is 29.3 Å². The van der Waals surface area contributed by atoms with Gasteiger partial charge in [0, 0.05) is 6.54 Å². The van der Waals surface area contributed by atoms with E-state index >= 15 is 0 Å². The van der Waals surface area contributed by atoms with Crippen LogP contribution < -0.4 is 5.32 Å². The summed E-state index contributed by atoms with van der Waals surface area (Å²) in [4.78, 5) is 2.31. The topological polar surface area (TPSA) is 39.1 Å². The fourth-order valence-corrected chi connectivity index (χ4v) is 2.53. The Hall–Kier alpha value is -1.67. The maximum absolute atomic E-state index is 13.7. The second-order valence-electron chi connectivity index (χ2n) is 5.36. The molecule has 1 fully saturated rings. The summed E-state index contributed by atoms with van der Waals surface area (Å²) < 4.78 is 27.1. The van der Waals surface area contributed by atoms with Gasteiger partial charge in [-0.15, -0.1) is 0 Å². The molecule has 20 heavy (non-hydrogen) atoms. The van der Waals surface area contributed by atoms with Crippen molar-refractivity contribution < 1.29 is 8.78 Å². The Labute approximate surface area is 118 Å². The van der Waals surface area contributed by atoms with Gasteiger partial charge in [0.1, 0.15) is 6.07 Å². The minimum absolute atomic E-state index is 0.134. The van der Waals surface area contributed by atoms with Crippen molar-refractivity contribution in [1.82, 2.24) is 4.90 Å². The lowest BCUT2D eigenvalue weighted by Gasteiger charge is -2.29. The first-order valence-electron chi connectivity index (χ1n) is 6.92. The van der Waals surface area contributed by atoms with Gasteiger partial charge in [-0.2, -0.15) is 5.26 Å². The van der Waals surface area contributed by atoms with Gasteiger partial charge in [0.15, 0.2) is 11.6 Å². The van der Waals surface area contributed by atoms with Gasteiger partial charge in [-0.3, -0.25) is 0 Å². The Morgan fingerprint density at radius 2 is 2.00 bits per heavy atom. The van der Waals surface area contributed by atoms with Crippen LogP contribution in [-0.2, 0) is 0 Å². The number of halogens is 2. The average molecular weight is 279 g/mol. The molecule has 5 heteroatoms. The summed E-state index contributed by atoms with van der Waals surface area (Å²) in [7, 11) is 2.11. The molecule has 0 radical (unpaired) electrons. The van der Waals surface area contributed by atoms with E-state index in [9.17, 15) is 8.78 Å². The summed E-state index contributed by atoms with van der Waals surface area (Å²) in [5.74, 6) is -1.39. The first kappa shape index (κ1) is 14.7. The number of rotatable bonds is 4. The van der Waals surface area contributed by atoms with Crippen LogP contribution in [0.4, 0.5) is 14.5 Å². The predicted octanol–water partition coefficient (Wildman–Crippen LogP) is 2.98. The average Bonchev–Trinajstić information content (AvgIpc) is 2.46. The normalized spacial score (nSPS) is 16.9. The molecule has 0 spiro atoms. The quantitative estimate of drug-likeness (QED) is 0.921. The molecule has 0 unspecified atom stereocenters. The van der Waals surface area contributed by atoms with Crippen LogP contribution in [-0.4, -0.2) is 31.6 Å². The van der Waals surface area contributed by atoms with E-state index in [-0.39, 0.29) is 11.3 Å². The van der Waals surface area contributed by atoms with Crippen molar-refractivity contribution in [2.75, 3.05) is 32.0 Å². The number of nitrogens with zero attached hydrogens (tertiary/aromatic N) is 2. The lowest BCUT2D eigenvalue weighted by atomic mass is 9.94. The largest absolute Gasteiger partial charge is 0.383 e. The third-order valence-corrected chi connectivity index (χ3v) is 3.91. The molecular formula is C15H19F2N3. The molecule has 3 nitrogen and oxygen atoms in total. The van der Waals surface area contributed by atoms with Gasteiger partial charge in [0.05, 0.1) is 11.3 Å². The molecule has 0 aromatic heterocycles. The number of benzene rings is 1. The molecule has 0 atom stereocenters. The molecule has 1 aromatic rings. The van der Waals surface area contributed by atoms with E-state index in [0.29, 0.717) is 12.5 Å². The molecule has 1 N–H and O–H groups in total. The zero-order chi connectivity index (χ0) is 14.5. The maximum Gasteiger partial charge on any atom is 0.183 e. The lowest BCUT2D eigenvalue weighted by molar-refractivity contribution is 0.215. The molecule has 1 aromatic carbocycles. The molecular weight excluding hydrogens is 260 g/mol. The van der Waals surface area contributed by atoms with Gasteiger partial charge in [0.2, 0.25) is 0 Å². The van der Waals surface area contributed by atoms with Gasteiger partial charge >= 0.3 is 0 Å². The monoisotopic (exact) mass is 279 g/mol. The summed E-state index contributed by atoms with van der Waals surface area (Å²) in [6.07, 6.45) is 3.26. The SMILES string of the molecule is CN1CCC(CCNc2ccc(C#N)c(F)c2F)CC1. The summed E-state index contributed by atoms with van der Waals surface area (Å²) in [5.41, 5.74) is -0.127. The zero-order valence-electron chi connectivity index (χ0n) is 11.6. The zero-order valence-corrected chi connectivity index (χ0v) is 11.6. The molecule has 2 rings (SSSR count). The summed E-state index contributed by atoms with van der Waals surface area (Å²) in [5, 5.41) is 11.5. The lowest BCUT2D eigenvalue weighted by Crippen LogP contribution is -2.30. The third kappa shape index (κ3) is 3.45. The fourth-order valence-electron chi connectivity index (χ4n) is 2.53. The van der Waals surface area contributed by atoms with Crippen LogP contribution in [0.5, 0.6) is 0 Å². The Kier molecular flexibility index (Phi) is 4.91. The second kappa shape index (κ2) is 6.67. The number of piperidine rings is 1. The van der Waals surface area contributed by atoms with Gasteiger partial charge in [-0.05, 0) is 57.5 Å². The van der Waals surface area contributed by atoms with E-state index in [1.54, 1.807) is 6.07 Å². The highest BCUT2D eigenvalue weighted by atomic mass is 19.2. The number of hydrogen-bond acceptors (Lipinski definition) is 3. The van der Waals surface area contributed by atoms with Crippen molar-refractivity contribution in [2.24, 2.45) is 5.92 Å². The van der Waals surface area contributed by atoms with Crippen molar-refractivity contribution in [2.45, 2.75) is 19.3 Å². The number of nitriles is 1. The van der Waals surface area contributed by atoms with Crippen LogP contribution in [0.15, 0.2) is 12.1 Å². The van der Waals surface area contributed by atoms with E-state index < -0.39 is 11.6 Å². The number of nitrogens with one attached hydrogen (secondary N) is 1. The smallest absolute Gasteiger partial charge is 0.183 e. The Morgan fingerprint density at radius 1 is 1.30 bits per heavy atom. The Morgan fingerprint density at radius 3 is 2.65 bits per heavy atom. The number of likely N-dealkylation sites (tertiary alicyclic amines) is 1. The molecule has 1 heterocycles. The van der Waals surface area contributed by atoms with Crippen LogP contribution in [0.1, 0.15) is 24.8 Å². The van der Waals surface area contributed by atoms with Gasteiger partial charge in [0.25, 0.3) is 0 Å². The van der Waals surface area contributed by atoms with Crippen molar-refractivity contribution >= 4 is 5.69 Å². The molecule has 0 aliphatic carbocycles. The summed E-state index contributed by atoms with van der Waals surface area (Å²) in [6, 6.07) is 4.35. The van der Waals surface area contributed by atoms with Crippen LogP contribution in [0.3, 0.4) is 0 Å². The maximum atomic E-state index is 13.7. The minimum Gasteiger partial charge on any atom is -0.383 e. The van der Waals surface area contributed by atoms with Crippen molar-refractivity contribution in [3.8, 4) is 6.07 Å². The Balaban J connectivity index is 1.86. The number of anilines is 1. The molecule has 0 saturated carbocycles. The van der Waals surface area contributed by atoms with Crippen LogP contribution >= 0.6 is 0 Å². The van der Waals surface area contributed by atoms with Gasteiger partial charge in [-0.25, -0.2) is 8.78 Å².